The van der Waals surface area contributed by atoms with Crippen molar-refractivity contribution in [1.82, 2.24) is 0 Å². The summed E-state index contributed by atoms with van der Waals surface area (Å²) in [5, 5.41) is 3.34. The van der Waals surface area contributed by atoms with Gasteiger partial charge < -0.3 is 4.74 Å². The zero-order valence-corrected chi connectivity index (χ0v) is 10.5. The molecule has 0 atom stereocenters. The zero-order valence-electron chi connectivity index (χ0n) is 10.5. The number of nitrogens with zero attached hydrogens (tertiary/aromatic N) is 3. The third kappa shape index (κ3) is 4.89. The average molecular weight is 247 g/mol. The first-order valence-corrected chi connectivity index (χ1v) is 6.05. The van der Waals surface area contributed by atoms with Crippen molar-refractivity contribution in [2.24, 2.45) is 5.11 Å². The van der Waals surface area contributed by atoms with Gasteiger partial charge in [-0.05, 0) is 36.2 Å². The van der Waals surface area contributed by atoms with Gasteiger partial charge in [0.2, 0.25) is 0 Å². The summed E-state index contributed by atoms with van der Waals surface area (Å²) in [6.07, 6.45) is 2.35. The quantitative estimate of drug-likeness (QED) is 0.230. The van der Waals surface area contributed by atoms with Crippen LogP contribution < -0.4 is 4.74 Å². The number of ketones is 1. The van der Waals surface area contributed by atoms with Crippen LogP contribution in [0.25, 0.3) is 10.4 Å². The number of carbonyl (C=O) groups is 1. The van der Waals surface area contributed by atoms with Crippen LogP contribution in [-0.4, -0.2) is 18.9 Å². The molecule has 5 heteroatoms. The number of Topliss-reactive ketones (excluding diaryl/α,β-unsaturated/α-hetero) is 1. The molecule has 0 radical (unpaired) electrons. The highest BCUT2D eigenvalue weighted by molar-refractivity contribution is 5.96. The van der Waals surface area contributed by atoms with Gasteiger partial charge in [-0.3, -0.25) is 4.79 Å². The third-order valence-electron chi connectivity index (χ3n) is 2.45. The van der Waals surface area contributed by atoms with E-state index in [1.165, 1.54) is 0 Å². The first-order valence-electron chi connectivity index (χ1n) is 6.05. The van der Waals surface area contributed by atoms with Crippen LogP contribution in [0.4, 0.5) is 0 Å². The maximum atomic E-state index is 11.7. The molecule has 0 saturated carbocycles. The Morgan fingerprint density at radius 3 is 2.72 bits per heavy atom. The molecule has 0 bridgehead atoms. The number of benzene rings is 1. The molecule has 0 heterocycles. The van der Waals surface area contributed by atoms with Crippen molar-refractivity contribution >= 4 is 5.78 Å². The number of hydrogen-bond donors (Lipinski definition) is 0. The molecule has 0 aliphatic carbocycles. The van der Waals surface area contributed by atoms with Gasteiger partial charge in [0.15, 0.2) is 5.78 Å². The Balaban J connectivity index is 2.48. The van der Waals surface area contributed by atoms with Gasteiger partial charge in [0.25, 0.3) is 0 Å². The molecule has 1 rings (SSSR count). The topological polar surface area (TPSA) is 75.1 Å². The number of rotatable bonds is 8. The molecule has 0 N–H and O–H groups in total. The second-order valence-electron chi connectivity index (χ2n) is 3.85. The normalized spacial score (nSPS) is 9.61. The monoisotopic (exact) mass is 247 g/mol. The number of carbonyl (C=O) groups excluding carboxylic acids is 1. The van der Waals surface area contributed by atoms with Crippen molar-refractivity contribution in [3.63, 3.8) is 0 Å². The molecule has 0 saturated heterocycles. The van der Waals surface area contributed by atoms with Crippen molar-refractivity contribution < 1.29 is 9.53 Å². The second-order valence-corrected chi connectivity index (χ2v) is 3.85. The van der Waals surface area contributed by atoms with E-state index < -0.39 is 0 Å². The van der Waals surface area contributed by atoms with Crippen molar-refractivity contribution in [2.75, 3.05) is 13.2 Å². The van der Waals surface area contributed by atoms with Gasteiger partial charge in [-0.1, -0.05) is 18.5 Å². The van der Waals surface area contributed by atoms with Crippen molar-refractivity contribution in [2.45, 2.75) is 26.2 Å². The van der Waals surface area contributed by atoms with E-state index in [-0.39, 0.29) is 18.7 Å². The molecule has 18 heavy (non-hydrogen) atoms. The minimum Gasteiger partial charge on any atom is -0.494 e. The number of hydrogen-bond acceptors (Lipinski definition) is 3. The van der Waals surface area contributed by atoms with E-state index in [0.29, 0.717) is 12.2 Å². The predicted octanol–water partition coefficient (Wildman–Crippen LogP) is 3.75. The van der Waals surface area contributed by atoms with Gasteiger partial charge in [0.05, 0.1) is 6.61 Å². The molecule has 0 spiro atoms. The van der Waals surface area contributed by atoms with Crippen LogP contribution in [0, 0.1) is 0 Å². The fourth-order valence-corrected chi connectivity index (χ4v) is 1.41. The van der Waals surface area contributed by atoms with Crippen LogP contribution >= 0.6 is 0 Å². The van der Waals surface area contributed by atoms with Crippen LogP contribution in [0.15, 0.2) is 29.4 Å². The summed E-state index contributed by atoms with van der Waals surface area (Å²) in [5.41, 5.74) is 8.74. The van der Waals surface area contributed by atoms with Gasteiger partial charge in [0, 0.05) is 23.4 Å². The summed E-state index contributed by atoms with van der Waals surface area (Å²) in [6, 6.07) is 7.05. The first kappa shape index (κ1) is 14.1. The summed E-state index contributed by atoms with van der Waals surface area (Å²) in [5.74, 6) is 0.748. The largest absolute Gasteiger partial charge is 0.494 e. The fraction of sp³-hybridized carbons (Fsp3) is 0.462. The van der Waals surface area contributed by atoms with Crippen molar-refractivity contribution in [3.8, 4) is 5.75 Å². The van der Waals surface area contributed by atoms with Crippen molar-refractivity contribution in [1.29, 1.82) is 0 Å². The van der Waals surface area contributed by atoms with Crippen LogP contribution in [0.3, 0.4) is 0 Å². The van der Waals surface area contributed by atoms with E-state index in [2.05, 4.69) is 16.9 Å². The second kappa shape index (κ2) is 8.14. The molecule has 0 fully saturated rings. The molecular formula is C13H17N3O2. The minimum atomic E-state index is -0.0255. The van der Waals surface area contributed by atoms with E-state index in [1.807, 2.05) is 0 Å². The molecule has 96 valence electrons. The summed E-state index contributed by atoms with van der Waals surface area (Å²) in [4.78, 5) is 14.3. The van der Waals surface area contributed by atoms with E-state index in [0.717, 1.165) is 18.6 Å². The highest BCUT2D eigenvalue weighted by atomic mass is 16.5. The van der Waals surface area contributed by atoms with Crippen LogP contribution in [-0.2, 0) is 0 Å². The first-order chi connectivity index (χ1) is 8.77. The van der Waals surface area contributed by atoms with Crippen molar-refractivity contribution in [3.05, 3.63) is 40.3 Å². The van der Waals surface area contributed by atoms with E-state index in [9.17, 15) is 4.79 Å². The van der Waals surface area contributed by atoms with Gasteiger partial charge in [-0.15, -0.1) is 0 Å². The maximum absolute atomic E-state index is 11.7. The van der Waals surface area contributed by atoms with Gasteiger partial charge in [-0.2, -0.15) is 0 Å². The Bertz CT molecular complexity index is 422. The Morgan fingerprint density at radius 1 is 1.39 bits per heavy atom. The predicted molar refractivity (Wildman–Crippen MR) is 69.8 cm³/mol. The standard InChI is InChI=1S/C13H17N3O2/c1-2-3-10-18-12-6-4-11(5-7-12)13(17)8-9-15-16-14/h4-7H,2-3,8-10H2,1H3. The molecule has 0 amide bonds. The average Bonchev–Trinajstić information content (AvgIpc) is 2.40. The van der Waals surface area contributed by atoms with Gasteiger partial charge in [-0.25, -0.2) is 0 Å². The number of ether oxygens (including phenoxy) is 1. The number of azide groups is 1. The number of unbranched alkanes of at least 4 members (excludes halogenated alkanes) is 1. The molecular weight excluding hydrogens is 230 g/mol. The zero-order chi connectivity index (χ0) is 13.2. The lowest BCUT2D eigenvalue weighted by molar-refractivity contribution is 0.0985. The van der Waals surface area contributed by atoms with Crippen LogP contribution in [0.5, 0.6) is 5.75 Å². The summed E-state index contributed by atoms with van der Waals surface area (Å²) < 4.78 is 5.50. The van der Waals surface area contributed by atoms with E-state index >= 15 is 0 Å². The highest BCUT2D eigenvalue weighted by Crippen LogP contribution is 2.14. The molecule has 0 unspecified atom stereocenters. The lowest BCUT2D eigenvalue weighted by atomic mass is 10.1. The molecule has 0 aliphatic rings. The molecule has 0 aliphatic heterocycles. The van der Waals surface area contributed by atoms with Crippen LogP contribution in [0.2, 0.25) is 0 Å². The Hall–Kier alpha value is -2.00. The molecule has 1 aromatic rings. The highest BCUT2D eigenvalue weighted by Gasteiger charge is 2.04. The summed E-state index contributed by atoms with van der Waals surface area (Å²) in [6.45, 7) is 3.00. The summed E-state index contributed by atoms with van der Waals surface area (Å²) >= 11 is 0. The fourth-order valence-electron chi connectivity index (χ4n) is 1.41. The lowest BCUT2D eigenvalue weighted by Crippen LogP contribution is -2.01. The molecule has 1 aromatic carbocycles. The van der Waals surface area contributed by atoms with E-state index in [4.69, 9.17) is 10.3 Å². The summed E-state index contributed by atoms with van der Waals surface area (Å²) in [7, 11) is 0. The Kier molecular flexibility index (Phi) is 6.36. The SMILES string of the molecule is CCCCOc1ccc(C(=O)CCN=[N+]=[N-])cc1. The van der Waals surface area contributed by atoms with Crippen LogP contribution in [0.1, 0.15) is 36.5 Å². The molecule has 5 nitrogen and oxygen atoms in total. The van der Waals surface area contributed by atoms with Gasteiger partial charge in [0.1, 0.15) is 5.75 Å². The lowest BCUT2D eigenvalue weighted by Gasteiger charge is -2.05. The van der Waals surface area contributed by atoms with E-state index in [1.54, 1.807) is 24.3 Å². The molecule has 0 aromatic heterocycles. The smallest absolute Gasteiger partial charge is 0.163 e. The third-order valence-corrected chi connectivity index (χ3v) is 2.45. The Morgan fingerprint density at radius 2 is 2.11 bits per heavy atom. The van der Waals surface area contributed by atoms with Gasteiger partial charge >= 0.3 is 0 Å². The maximum Gasteiger partial charge on any atom is 0.163 e. The minimum absolute atomic E-state index is 0.0255. The Labute approximate surface area is 106 Å².